The van der Waals surface area contributed by atoms with E-state index in [9.17, 15) is 13.2 Å². The molecule has 0 atom stereocenters. The molecule has 0 unspecified atom stereocenters. The van der Waals surface area contributed by atoms with Gasteiger partial charge in [0.25, 0.3) is 0 Å². The number of nitrogens with zero attached hydrogens (tertiary/aromatic N) is 5. The van der Waals surface area contributed by atoms with Crippen LogP contribution in [0.3, 0.4) is 0 Å². The highest BCUT2D eigenvalue weighted by atomic mass is 32.2. The largest absolute Gasteiger partial charge is 0.342 e. The second-order valence-corrected chi connectivity index (χ2v) is 10.6. The van der Waals surface area contributed by atoms with Crippen molar-refractivity contribution in [2.45, 2.75) is 42.2 Å². The molecule has 1 aromatic carbocycles. The van der Waals surface area contributed by atoms with Crippen molar-refractivity contribution in [3.63, 3.8) is 0 Å². The van der Waals surface area contributed by atoms with E-state index in [1.165, 1.54) is 18.2 Å². The molecule has 2 aliphatic heterocycles. The van der Waals surface area contributed by atoms with E-state index in [2.05, 4.69) is 10.2 Å². The van der Waals surface area contributed by atoms with Crippen LogP contribution >= 0.6 is 11.8 Å². The number of rotatable bonds is 6. The first kappa shape index (κ1) is 21.3. The van der Waals surface area contributed by atoms with E-state index >= 15 is 0 Å². The number of carbonyl (C=O) groups excluding carboxylic acids is 1. The summed E-state index contributed by atoms with van der Waals surface area (Å²) in [6.07, 6.45) is 5.18. The zero-order chi connectivity index (χ0) is 21.1. The van der Waals surface area contributed by atoms with E-state index in [1.807, 2.05) is 16.5 Å². The Morgan fingerprint density at radius 3 is 2.27 bits per heavy atom. The smallest absolute Gasteiger partial charge is 0.243 e. The van der Waals surface area contributed by atoms with Crippen LogP contribution in [-0.2, 0) is 21.9 Å². The molecule has 1 aromatic heterocycles. The molecular weight excluding hydrogens is 422 g/mol. The highest BCUT2D eigenvalue weighted by Gasteiger charge is 2.27. The van der Waals surface area contributed by atoms with Crippen LogP contribution in [0.15, 0.2) is 34.3 Å². The zero-order valence-corrected chi connectivity index (χ0v) is 18.8. The van der Waals surface area contributed by atoms with Crippen molar-refractivity contribution in [1.82, 2.24) is 24.0 Å². The molecule has 1 amide bonds. The van der Waals surface area contributed by atoms with Crippen molar-refractivity contribution in [2.75, 3.05) is 31.9 Å². The number of aromatic nitrogens is 3. The SMILES string of the molecule is Cn1c(SCC(=O)N2CCCCC2)nnc1-c1ccc(S(=O)(=O)N2CCCC2)cc1. The van der Waals surface area contributed by atoms with Gasteiger partial charge in [-0.05, 0) is 56.4 Å². The maximum atomic E-state index is 12.7. The Morgan fingerprint density at radius 1 is 0.967 bits per heavy atom. The summed E-state index contributed by atoms with van der Waals surface area (Å²) in [5.41, 5.74) is 0.791. The van der Waals surface area contributed by atoms with Gasteiger partial charge >= 0.3 is 0 Å². The fraction of sp³-hybridized carbons (Fsp3) is 0.550. The summed E-state index contributed by atoms with van der Waals surface area (Å²) in [5.74, 6) is 1.13. The van der Waals surface area contributed by atoms with Gasteiger partial charge in [-0.3, -0.25) is 4.79 Å². The van der Waals surface area contributed by atoms with Gasteiger partial charge in [-0.1, -0.05) is 11.8 Å². The molecule has 8 nitrogen and oxygen atoms in total. The zero-order valence-electron chi connectivity index (χ0n) is 17.2. The molecule has 3 heterocycles. The van der Waals surface area contributed by atoms with Gasteiger partial charge in [0.15, 0.2) is 11.0 Å². The molecule has 30 heavy (non-hydrogen) atoms. The molecule has 0 bridgehead atoms. The lowest BCUT2D eigenvalue weighted by molar-refractivity contribution is -0.129. The van der Waals surface area contributed by atoms with Crippen LogP contribution in [0.25, 0.3) is 11.4 Å². The second kappa shape index (κ2) is 9.07. The average Bonchev–Trinajstić information content (AvgIpc) is 3.43. The second-order valence-electron chi connectivity index (χ2n) is 7.73. The molecule has 2 aliphatic rings. The minimum Gasteiger partial charge on any atom is -0.342 e. The van der Waals surface area contributed by atoms with Gasteiger partial charge in [-0.15, -0.1) is 10.2 Å². The summed E-state index contributed by atoms with van der Waals surface area (Å²) >= 11 is 1.38. The van der Waals surface area contributed by atoms with Crippen molar-refractivity contribution in [3.05, 3.63) is 24.3 Å². The average molecular weight is 450 g/mol. The Kier molecular flexibility index (Phi) is 6.45. The van der Waals surface area contributed by atoms with Gasteiger partial charge in [0.05, 0.1) is 10.6 Å². The van der Waals surface area contributed by atoms with Crippen molar-refractivity contribution in [3.8, 4) is 11.4 Å². The van der Waals surface area contributed by atoms with Gasteiger partial charge in [-0.25, -0.2) is 8.42 Å². The summed E-state index contributed by atoms with van der Waals surface area (Å²) < 4.78 is 28.8. The van der Waals surface area contributed by atoms with Crippen LogP contribution < -0.4 is 0 Å². The van der Waals surface area contributed by atoms with E-state index in [-0.39, 0.29) is 5.91 Å². The first-order valence-corrected chi connectivity index (χ1v) is 12.8. The monoisotopic (exact) mass is 449 g/mol. The molecule has 2 aromatic rings. The van der Waals surface area contributed by atoms with E-state index in [0.29, 0.717) is 34.7 Å². The first-order valence-electron chi connectivity index (χ1n) is 10.4. The summed E-state index contributed by atoms with van der Waals surface area (Å²) in [7, 11) is -1.57. The van der Waals surface area contributed by atoms with Crippen molar-refractivity contribution >= 4 is 27.7 Å². The molecule has 2 saturated heterocycles. The van der Waals surface area contributed by atoms with Crippen LogP contribution in [0, 0.1) is 0 Å². The first-order chi connectivity index (χ1) is 14.5. The number of carbonyl (C=O) groups is 1. The lowest BCUT2D eigenvalue weighted by atomic mass is 10.1. The fourth-order valence-electron chi connectivity index (χ4n) is 3.91. The third-order valence-electron chi connectivity index (χ3n) is 5.68. The van der Waals surface area contributed by atoms with Gasteiger partial charge in [0.2, 0.25) is 15.9 Å². The molecule has 0 saturated carbocycles. The maximum absolute atomic E-state index is 12.7. The molecule has 0 radical (unpaired) electrons. The number of piperidine rings is 1. The number of hydrogen-bond acceptors (Lipinski definition) is 6. The van der Waals surface area contributed by atoms with Crippen LogP contribution in [0.2, 0.25) is 0 Å². The maximum Gasteiger partial charge on any atom is 0.243 e. The quantitative estimate of drug-likeness (QED) is 0.629. The van der Waals surface area contributed by atoms with E-state index < -0.39 is 10.0 Å². The van der Waals surface area contributed by atoms with E-state index in [4.69, 9.17) is 0 Å². The number of amides is 1. The molecule has 162 valence electrons. The van der Waals surface area contributed by atoms with Gasteiger partial charge in [0, 0.05) is 38.8 Å². The van der Waals surface area contributed by atoms with Gasteiger partial charge in [-0.2, -0.15) is 4.31 Å². The highest BCUT2D eigenvalue weighted by Crippen LogP contribution is 2.26. The summed E-state index contributed by atoms with van der Waals surface area (Å²) in [6, 6.07) is 6.79. The molecule has 4 rings (SSSR count). The topological polar surface area (TPSA) is 88.4 Å². The van der Waals surface area contributed by atoms with Crippen molar-refractivity contribution < 1.29 is 13.2 Å². The number of thioether (sulfide) groups is 1. The van der Waals surface area contributed by atoms with E-state index in [1.54, 1.807) is 28.6 Å². The Balaban J connectivity index is 1.43. The normalized spacial score (nSPS) is 18.1. The lowest BCUT2D eigenvalue weighted by Gasteiger charge is -2.26. The third kappa shape index (κ3) is 4.40. The summed E-state index contributed by atoms with van der Waals surface area (Å²) in [4.78, 5) is 14.6. The molecule has 0 aliphatic carbocycles. The van der Waals surface area contributed by atoms with Gasteiger partial charge in [0.1, 0.15) is 0 Å². The molecular formula is C20H27N5O3S2. The predicted octanol–water partition coefficient (Wildman–Crippen LogP) is 2.37. The highest BCUT2D eigenvalue weighted by molar-refractivity contribution is 7.99. The van der Waals surface area contributed by atoms with Crippen LogP contribution in [0.4, 0.5) is 0 Å². The molecule has 0 spiro atoms. The van der Waals surface area contributed by atoms with Crippen molar-refractivity contribution in [1.29, 1.82) is 0 Å². The third-order valence-corrected chi connectivity index (χ3v) is 8.60. The minimum absolute atomic E-state index is 0.140. The summed E-state index contributed by atoms with van der Waals surface area (Å²) in [5, 5.41) is 9.15. The van der Waals surface area contributed by atoms with Crippen molar-refractivity contribution in [2.24, 2.45) is 7.05 Å². The lowest BCUT2D eigenvalue weighted by Crippen LogP contribution is -2.36. The van der Waals surface area contributed by atoms with Gasteiger partial charge < -0.3 is 9.47 Å². The summed E-state index contributed by atoms with van der Waals surface area (Å²) in [6.45, 7) is 2.86. The predicted molar refractivity (Wildman–Crippen MR) is 116 cm³/mol. The Labute approximate surface area is 181 Å². The fourth-order valence-corrected chi connectivity index (χ4v) is 6.24. The number of likely N-dealkylation sites (tertiary alicyclic amines) is 1. The molecule has 2 fully saturated rings. The van der Waals surface area contributed by atoms with Crippen LogP contribution in [0.5, 0.6) is 0 Å². The number of sulfonamides is 1. The van der Waals surface area contributed by atoms with Crippen LogP contribution in [-0.4, -0.2) is 70.2 Å². The minimum atomic E-state index is -3.43. The van der Waals surface area contributed by atoms with E-state index in [0.717, 1.165) is 44.3 Å². The van der Waals surface area contributed by atoms with Crippen LogP contribution in [0.1, 0.15) is 32.1 Å². The Hall–Kier alpha value is -1.91. The Morgan fingerprint density at radius 2 is 1.60 bits per heavy atom. The standard InChI is InChI=1S/C20H27N5O3S2/c1-23-19(21-22-20(23)29-15-18(26)24-11-3-2-4-12-24)16-7-9-17(10-8-16)30(27,28)25-13-5-6-14-25/h7-10H,2-6,11-15H2,1H3. The number of hydrogen-bond donors (Lipinski definition) is 0. The molecule has 0 N–H and O–H groups in total. The molecule has 10 heteroatoms. The number of benzene rings is 1. The Bertz CT molecular complexity index is 992.